The monoisotopic (exact) mass is 271 g/mol. The van der Waals surface area contributed by atoms with Crippen LogP contribution in [0.25, 0.3) is 0 Å². The van der Waals surface area contributed by atoms with Crippen LogP contribution in [0.15, 0.2) is 12.7 Å². The normalized spacial score (nSPS) is 12.2. The molecule has 5 heteroatoms. The van der Waals surface area contributed by atoms with Gasteiger partial charge >= 0.3 is 5.97 Å². The van der Waals surface area contributed by atoms with Gasteiger partial charge in [-0.3, -0.25) is 9.59 Å². The first-order valence-electron chi connectivity index (χ1n) is 6.61. The highest BCUT2D eigenvalue weighted by Crippen LogP contribution is 2.06. The van der Waals surface area contributed by atoms with Crippen LogP contribution in [0.2, 0.25) is 0 Å². The summed E-state index contributed by atoms with van der Waals surface area (Å²) in [5.74, 6) is -0.765. The van der Waals surface area contributed by atoms with Crippen LogP contribution < -0.4 is 0 Å². The van der Waals surface area contributed by atoms with Gasteiger partial charge < -0.3 is 14.7 Å². The van der Waals surface area contributed by atoms with Crippen LogP contribution in [0.1, 0.15) is 33.6 Å². The van der Waals surface area contributed by atoms with Crippen molar-refractivity contribution in [1.82, 2.24) is 4.90 Å². The van der Waals surface area contributed by atoms with E-state index in [1.54, 1.807) is 17.9 Å². The van der Waals surface area contributed by atoms with E-state index in [2.05, 4.69) is 6.58 Å². The first-order chi connectivity index (χ1) is 8.88. The van der Waals surface area contributed by atoms with Crippen LogP contribution in [0.4, 0.5) is 0 Å². The zero-order valence-corrected chi connectivity index (χ0v) is 12.1. The van der Waals surface area contributed by atoms with Crippen molar-refractivity contribution in [3.05, 3.63) is 12.7 Å². The van der Waals surface area contributed by atoms with Gasteiger partial charge in [0.05, 0.1) is 13.0 Å². The van der Waals surface area contributed by atoms with Crippen molar-refractivity contribution in [2.24, 2.45) is 5.92 Å². The molecule has 5 nitrogen and oxygen atoms in total. The molecule has 1 amide bonds. The van der Waals surface area contributed by atoms with E-state index in [9.17, 15) is 9.59 Å². The lowest BCUT2D eigenvalue weighted by molar-refractivity contribution is -0.144. The van der Waals surface area contributed by atoms with Crippen molar-refractivity contribution < 1.29 is 19.4 Å². The minimum atomic E-state index is -0.901. The van der Waals surface area contributed by atoms with E-state index in [4.69, 9.17) is 9.84 Å². The number of aliphatic carboxylic acids is 1. The fourth-order valence-corrected chi connectivity index (χ4v) is 1.62. The molecule has 0 aromatic heterocycles. The number of hydrogen-bond donors (Lipinski definition) is 1. The molecule has 19 heavy (non-hydrogen) atoms. The lowest BCUT2D eigenvalue weighted by Crippen LogP contribution is -2.42. The van der Waals surface area contributed by atoms with Gasteiger partial charge in [-0.1, -0.05) is 19.9 Å². The molecule has 0 bridgehead atoms. The molecule has 110 valence electrons. The average molecular weight is 271 g/mol. The fourth-order valence-electron chi connectivity index (χ4n) is 1.62. The summed E-state index contributed by atoms with van der Waals surface area (Å²) in [4.78, 5) is 24.3. The second-order valence-corrected chi connectivity index (χ2v) is 4.91. The van der Waals surface area contributed by atoms with Crippen molar-refractivity contribution in [3.63, 3.8) is 0 Å². The smallest absolute Gasteiger partial charge is 0.305 e. The molecule has 0 aliphatic heterocycles. The van der Waals surface area contributed by atoms with Crippen molar-refractivity contribution in [2.75, 3.05) is 19.7 Å². The van der Waals surface area contributed by atoms with Crippen molar-refractivity contribution in [3.8, 4) is 0 Å². The van der Waals surface area contributed by atoms with E-state index >= 15 is 0 Å². The summed E-state index contributed by atoms with van der Waals surface area (Å²) < 4.78 is 5.40. The molecule has 0 aromatic rings. The van der Waals surface area contributed by atoms with Crippen LogP contribution >= 0.6 is 0 Å². The zero-order chi connectivity index (χ0) is 14.8. The number of carbonyl (C=O) groups is 2. The number of hydrogen-bond acceptors (Lipinski definition) is 3. The standard InChI is InChI=1S/C14H25NO4/c1-5-6-9-19-12(4)14(18)15(10-11(2)3)8-7-13(16)17/h5,11-12H,1,6-10H2,2-4H3,(H,16,17). The van der Waals surface area contributed by atoms with Gasteiger partial charge in [0.25, 0.3) is 5.91 Å². The summed E-state index contributed by atoms with van der Waals surface area (Å²) in [5.41, 5.74) is 0. The van der Waals surface area contributed by atoms with Crippen LogP contribution in [0.5, 0.6) is 0 Å². The Hall–Kier alpha value is -1.36. The Morgan fingerprint density at radius 1 is 1.37 bits per heavy atom. The average Bonchev–Trinajstić information content (AvgIpc) is 2.33. The first-order valence-corrected chi connectivity index (χ1v) is 6.61. The summed E-state index contributed by atoms with van der Waals surface area (Å²) >= 11 is 0. The van der Waals surface area contributed by atoms with Crippen molar-refractivity contribution in [2.45, 2.75) is 39.7 Å². The van der Waals surface area contributed by atoms with Crippen LogP contribution in [0, 0.1) is 5.92 Å². The third-order valence-corrected chi connectivity index (χ3v) is 2.53. The van der Waals surface area contributed by atoms with Gasteiger partial charge in [-0.05, 0) is 19.3 Å². The van der Waals surface area contributed by atoms with Gasteiger partial charge in [-0.2, -0.15) is 0 Å². The molecule has 0 aliphatic carbocycles. The summed E-state index contributed by atoms with van der Waals surface area (Å²) in [5, 5.41) is 8.71. The van der Waals surface area contributed by atoms with E-state index in [1.165, 1.54) is 0 Å². The van der Waals surface area contributed by atoms with Crippen molar-refractivity contribution >= 4 is 11.9 Å². The van der Waals surface area contributed by atoms with Gasteiger partial charge in [0, 0.05) is 13.1 Å². The van der Waals surface area contributed by atoms with Crippen molar-refractivity contribution in [1.29, 1.82) is 0 Å². The Bertz CT molecular complexity index is 302. The number of carboxylic acid groups (broad SMARTS) is 1. The predicted octanol–water partition coefficient (Wildman–Crippen LogP) is 1.93. The highest BCUT2D eigenvalue weighted by molar-refractivity contribution is 5.81. The Labute approximate surface area is 115 Å². The largest absolute Gasteiger partial charge is 0.481 e. The maximum absolute atomic E-state index is 12.2. The van der Waals surface area contributed by atoms with Gasteiger partial charge in [0.15, 0.2) is 0 Å². The van der Waals surface area contributed by atoms with E-state index in [1.807, 2.05) is 13.8 Å². The van der Waals surface area contributed by atoms with Crippen LogP contribution in [-0.2, 0) is 14.3 Å². The van der Waals surface area contributed by atoms with Gasteiger partial charge in [-0.25, -0.2) is 0 Å². The highest BCUT2D eigenvalue weighted by Gasteiger charge is 2.22. The molecule has 0 rings (SSSR count). The molecule has 0 heterocycles. The van der Waals surface area contributed by atoms with E-state index in [-0.39, 0.29) is 24.8 Å². The summed E-state index contributed by atoms with van der Waals surface area (Å²) in [6.45, 7) is 10.5. The maximum Gasteiger partial charge on any atom is 0.305 e. The first kappa shape index (κ1) is 17.6. The van der Waals surface area contributed by atoms with Gasteiger partial charge in [0.2, 0.25) is 0 Å². The number of carboxylic acids is 1. The van der Waals surface area contributed by atoms with Crippen LogP contribution in [-0.4, -0.2) is 47.7 Å². The zero-order valence-electron chi connectivity index (χ0n) is 12.1. The molecule has 0 aliphatic rings. The fraction of sp³-hybridized carbons (Fsp3) is 0.714. The molecule has 1 atom stereocenters. The Kier molecular flexibility index (Phi) is 8.87. The Balaban J connectivity index is 4.41. The molecule has 0 aromatic carbocycles. The Morgan fingerprint density at radius 2 is 2.00 bits per heavy atom. The third kappa shape index (κ3) is 8.37. The third-order valence-electron chi connectivity index (χ3n) is 2.53. The molecule has 0 saturated heterocycles. The van der Waals surface area contributed by atoms with Crippen LogP contribution in [0.3, 0.4) is 0 Å². The predicted molar refractivity (Wildman–Crippen MR) is 73.9 cm³/mol. The number of rotatable bonds is 10. The minimum absolute atomic E-state index is 0.0438. The van der Waals surface area contributed by atoms with Gasteiger partial charge in [-0.15, -0.1) is 6.58 Å². The number of amides is 1. The minimum Gasteiger partial charge on any atom is -0.481 e. The second-order valence-electron chi connectivity index (χ2n) is 4.91. The highest BCUT2D eigenvalue weighted by atomic mass is 16.5. The molecule has 0 fully saturated rings. The lowest BCUT2D eigenvalue weighted by atomic mass is 10.2. The molecule has 1 unspecified atom stereocenters. The quantitative estimate of drug-likeness (QED) is 0.487. The number of nitrogens with zero attached hydrogens (tertiary/aromatic N) is 1. The molecular formula is C14H25NO4. The number of ether oxygens (including phenoxy) is 1. The Morgan fingerprint density at radius 3 is 2.47 bits per heavy atom. The molecule has 0 radical (unpaired) electrons. The van der Waals surface area contributed by atoms with E-state index in [0.717, 1.165) is 0 Å². The van der Waals surface area contributed by atoms with E-state index in [0.29, 0.717) is 19.6 Å². The lowest BCUT2D eigenvalue weighted by Gasteiger charge is -2.27. The summed E-state index contributed by atoms with van der Waals surface area (Å²) in [6, 6.07) is 0. The molecular weight excluding hydrogens is 246 g/mol. The molecule has 0 spiro atoms. The molecule has 0 saturated carbocycles. The van der Waals surface area contributed by atoms with E-state index < -0.39 is 12.1 Å². The topological polar surface area (TPSA) is 66.8 Å². The number of carbonyl (C=O) groups excluding carboxylic acids is 1. The summed E-state index contributed by atoms with van der Waals surface area (Å²) in [7, 11) is 0. The van der Waals surface area contributed by atoms with Gasteiger partial charge in [0.1, 0.15) is 6.10 Å². The molecule has 1 N–H and O–H groups in total. The maximum atomic E-state index is 12.2. The summed E-state index contributed by atoms with van der Waals surface area (Å²) in [6.07, 6.45) is 1.83. The SMILES string of the molecule is C=CCCOC(C)C(=O)N(CCC(=O)O)CC(C)C. The second kappa shape index (κ2) is 9.55.